The minimum absolute atomic E-state index is 0. The van der Waals surface area contributed by atoms with E-state index < -0.39 is 5.97 Å². The van der Waals surface area contributed by atoms with Gasteiger partial charge in [-0.15, -0.1) is 11.3 Å². The van der Waals surface area contributed by atoms with Gasteiger partial charge in [-0.1, -0.05) is 6.07 Å². The minimum atomic E-state index is -0.847. The van der Waals surface area contributed by atoms with Crippen LogP contribution in [0.2, 0.25) is 0 Å². The van der Waals surface area contributed by atoms with Gasteiger partial charge in [0.15, 0.2) is 0 Å². The van der Waals surface area contributed by atoms with Crippen LogP contribution in [-0.4, -0.2) is 11.1 Å². The summed E-state index contributed by atoms with van der Waals surface area (Å²) in [5.41, 5.74) is 0. The number of rotatable bonds is 1. The fourth-order valence-corrected chi connectivity index (χ4v) is 1.60. The van der Waals surface area contributed by atoms with Crippen LogP contribution in [0.4, 0.5) is 0 Å². The largest absolute Gasteiger partial charge is 2.00 e. The SMILES string of the molecule is O=C(O)c1cccs1.[Fe+2].c1cc[cH-]c1.c1cc[cH-]c1. The van der Waals surface area contributed by atoms with E-state index in [0.29, 0.717) is 4.88 Å². The molecular formula is C15H14FeO2S. The van der Waals surface area contributed by atoms with Crippen LogP contribution < -0.4 is 0 Å². The first-order valence-corrected chi connectivity index (χ1v) is 6.29. The molecule has 2 nitrogen and oxygen atoms in total. The topological polar surface area (TPSA) is 37.3 Å². The maximum atomic E-state index is 10.1. The standard InChI is InChI=1S/C5H4O2S.2C5H5.Fe/c6-5(7)4-2-1-3-8-4;2*1-2-4-5-3-1;/h1-3H,(H,6,7);2*1-5H;/q;2*-1;+2. The molecule has 0 amide bonds. The predicted molar refractivity (Wildman–Crippen MR) is 75.3 cm³/mol. The van der Waals surface area contributed by atoms with Crippen molar-refractivity contribution in [3.8, 4) is 0 Å². The van der Waals surface area contributed by atoms with Crippen molar-refractivity contribution in [3.05, 3.63) is 83.1 Å². The van der Waals surface area contributed by atoms with E-state index >= 15 is 0 Å². The second kappa shape index (κ2) is 11.5. The van der Waals surface area contributed by atoms with Crippen LogP contribution in [0.25, 0.3) is 0 Å². The van der Waals surface area contributed by atoms with Crippen molar-refractivity contribution >= 4 is 17.3 Å². The van der Waals surface area contributed by atoms with E-state index in [1.807, 2.05) is 60.7 Å². The third-order valence-corrected chi connectivity index (χ3v) is 2.70. The number of aromatic carboxylic acids is 1. The Balaban J connectivity index is 0.000000259. The van der Waals surface area contributed by atoms with Crippen LogP contribution in [-0.2, 0) is 17.1 Å². The van der Waals surface area contributed by atoms with E-state index in [1.165, 1.54) is 11.3 Å². The molecular weight excluding hydrogens is 300 g/mol. The first kappa shape index (κ1) is 17.4. The van der Waals surface area contributed by atoms with E-state index in [2.05, 4.69) is 0 Å². The Morgan fingerprint density at radius 1 is 0.947 bits per heavy atom. The zero-order valence-corrected chi connectivity index (χ0v) is 12.0. The monoisotopic (exact) mass is 314 g/mol. The van der Waals surface area contributed by atoms with Gasteiger partial charge < -0.3 is 5.11 Å². The second-order valence-electron chi connectivity index (χ2n) is 3.21. The molecule has 1 heterocycles. The van der Waals surface area contributed by atoms with Gasteiger partial charge >= 0.3 is 23.0 Å². The van der Waals surface area contributed by atoms with E-state index in [-0.39, 0.29) is 17.1 Å². The van der Waals surface area contributed by atoms with Gasteiger partial charge in [0, 0.05) is 0 Å². The van der Waals surface area contributed by atoms with Crippen molar-refractivity contribution in [2.24, 2.45) is 0 Å². The Kier molecular flexibility index (Phi) is 10.5. The molecule has 0 aliphatic carbocycles. The van der Waals surface area contributed by atoms with Gasteiger partial charge in [-0.25, -0.2) is 29.1 Å². The molecule has 0 atom stereocenters. The summed E-state index contributed by atoms with van der Waals surface area (Å²) >= 11 is 1.23. The van der Waals surface area contributed by atoms with E-state index in [9.17, 15) is 4.79 Å². The van der Waals surface area contributed by atoms with Gasteiger partial charge in [0.05, 0.1) is 0 Å². The fraction of sp³-hybridized carbons (Fsp3) is 0. The molecule has 0 saturated heterocycles. The Labute approximate surface area is 127 Å². The van der Waals surface area contributed by atoms with Crippen LogP contribution >= 0.6 is 11.3 Å². The zero-order chi connectivity index (χ0) is 13.1. The smallest absolute Gasteiger partial charge is 0.477 e. The first-order valence-electron chi connectivity index (χ1n) is 5.41. The van der Waals surface area contributed by atoms with Gasteiger partial charge in [0.2, 0.25) is 0 Å². The maximum absolute atomic E-state index is 10.1. The molecule has 3 rings (SSSR count). The fourth-order valence-electron chi connectivity index (χ4n) is 1.04. The van der Waals surface area contributed by atoms with Gasteiger partial charge in [0.1, 0.15) is 4.88 Å². The number of carboxylic acids is 1. The van der Waals surface area contributed by atoms with Crippen LogP contribution in [0, 0.1) is 0 Å². The van der Waals surface area contributed by atoms with Gasteiger partial charge in [-0.3, -0.25) is 0 Å². The van der Waals surface area contributed by atoms with E-state index in [1.54, 1.807) is 17.5 Å². The molecule has 0 aliphatic rings. The summed E-state index contributed by atoms with van der Waals surface area (Å²) in [7, 11) is 0. The predicted octanol–water partition coefficient (Wildman–Crippen LogP) is 4.25. The number of thiophene rings is 1. The Morgan fingerprint density at radius 2 is 1.42 bits per heavy atom. The van der Waals surface area contributed by atoms with E-state index in [0.717, 1.165) is 0 Å². The van der Waals surface area contributed by atoms with Crippen LogP contribution in [0.15, 0.2) is 78.2 Å². The number of hydrogen-bond acceptors (Lipinski definition) is 2. The number of carbonyl (C=O) groups is 1. The molecule has 1 aromatic heterocycles. The van der Waals surface area contributed by atoms with Crippen LogP contribution in [0.5, 0.6) is 0 Å². The number of hydrogen-bond donors (Lipinski definition) is 1. The van der Waals surface area contributed by atoms with Crippen LogP contribution in [0.1, 0.15) is 9.67 Å². The van der Waals surface area contributed by atoms with Crippen molar-refractivity contribution in [3.63, 3.8) is 0 Å². The summed E-state index contributed by atoms with van der Waals surface area (Å²) in [6, 6.07) is 23.3. The number of carboxylic acid groups (broad SMARTS) is 1. The molecule has 100 valence electrons. The quantitative estimate of drug-likeness (QED) is 0.538. The van der Waals surface area contributed by atoms with Crippen molar-refractivity contribution in [1.29, 1.82) is 0 Å². The van der Waals surface area contributed by atoms with E-state index in [4.69, 9.17) is 5.11 Å². The molecule has 0 bridgehead atoms. The summed E-state index contributed by atoms with van der Waals surface area (Å²) in [6.07, 6.45) is 0. The Bertz CT molecular complexity index is 424. The molecule has 0 radical (unpaired) electrons. The first-order chi connectivity index (χ1) is 8.80. The summed E-state index contributed by atoms with van der Waals surface area (Å²) in [5.74, 6) is -0.847. The molecule has 1 N–H and O–H groups in total. The third-order valence-electron chi connectivity index (χ3n) is 1.84. The van der Waals surface area contributed by atoms with Crippen molar-refractivity contribution in [2.75, 3.05) is 0 Å². The molecule has 0 unspecified atom stereocenters. The molecule has 0 saturated carbocycles. The van der Waals surface area contributed by atoms with Crippen molar-refractivity contribution in [2.45, 2.75) is 0 Å². The summed E-state index contributed by atoms with van der Waals surface area (Å²) < 4.78 is 0. The van der Waals surface area contributed by atoms with Crippen molar-refractivity contribution < 1.29 is 27.0 Å². The Morgan fingerprint density at radius 3 is 1.58 bits per heavy atom. The van der Waals surface area contributed by atoms with Gasteiger partial charge in [-0.05, 0) is 11.4 Å². The average Bonchev–Trinajstić information content (AvgIpc) is 3.16. The van der Waals surface area contributed by atoms with Crippen LogP contribution in [0.3, 0.4) is 0 Å². The Hall–Kier alpha value is -1.61. The molecule has 0 aliphatic heterocycles. The summed E-state index contributed by atoms with van der Waals surface area (Å²) in [6.45, 7) is 0. The van der Waals surface area contributed by atoms with Gasteiger partial charge in [0.25, 0.3) is 0 Å². The zero-order valence-electron chi connectivity index (χ0n) is 10.1. The molecule has 4 heteroatoms. The normalized spacial score (nSPS) is 8.00. The molecule has 19 heavy (non-hydrogen) atoms. The molecule has 0 fully saturated rings. The third kappa shape index (κ3) is 9.03. The minimum Gasteiger partial charge on any atom is -0.477 e. The van der Waals surface area contributed by atoms with Gasteiger partial charge in [-0.2, -0.15) is 36.4 Å². The summed E-state index contributed by atoms with van der Waals surface area (Å²) in [5, 5.41) is 10.0. The second-order valence-corrected chi connectivity index (χ2v) is 4.15. The average molecular weight is 314 g/mol. The molecule has 0 spiro atoms. The molecule has 3 aromatic rings. The molecule has 2 aromatic carbocycles. The maximum Gasteiger partial charge on any atom is 2.00 e. The van der Waals surface area contributed by atoms with Crippen molar-refractivity contribution in [1.82, 2.24) is 0 Å². The summed E-state index contributed by atoms with van der Waals surface area (Å²) in [4.78, 5) is 10.5.